The number of likely N-dealkylation sites (tertiary alicyclic amines) is 3. The Bertz CT molecular complexity index is 3080. The minimum absolute atomic E-state index is 0.00531. The van der Waals surface area contributed by atoms with Gasteiger partial charge < -0.3 is 96.1 Å². The van der Waals surface area contributed by atoms with Crippen molar-refractivity contribution in [1.82, 2.24) is 57.2 Å². The third-order valence-electron chi connectivity index (χ3n) is 17.1. The normalized spacial score (nSPS) is 18.7. The molecule has 0 saturated carbocycles. The maximum atomic E-state index is 14.6. The van der Waals surface area contributed by atoms with E-state index < -0.39 is 162 Å². The fourth-order valence-electron chi connectivity index (χ4n) is 11.7. The number of hydrogen-bond acceptors (Lipinski definition) is 16. The number of aliphatic carboxylic acids is 1. The Hall–Kier alpha value is -9.46. The molecule has 32 heteroatoms. The van der Waals surface area contributed by atoms with Crippen molar-refractivity contribution in [1.29, 1.82) is 0 Å². The van der Waals surface area contributed by atoms with Gasteiger partial charge in [-0.25, -0.2) is 4.79 Å². The largest absolute Gasteiger partial charge is 0.480 e. The first-order valence-corrected chi connectivity index (χ1v) is 32.7. The van der Waals surface area contributed by atoms with Gasteiger partial charge in [-0.2, -0.15) is 0 Å². The topological polar surface area (TPSA) is 506 Å². The van der Waals surface area contributed by atoms with Gasteiger partial charge in [-0.15, -0.1) is 0 Å². The van der Waals surface area contributed by atoms with Gasteiger partial charge in [0.2, 0.25) is 65.0 Å². The number of carboxylic acids is 1. The number of hydrogen-bond donors (Lipinski definition) is 15. The van der Waals surface area contributed by atoms with Crippen LogP contribution in [0.1, 0.15) is 116 Å². The molecule has 96 heavy (non-hydrogen) atoms. The standard InChI is InChI=1S/C64H98N18O14/c1-6-37(4)51(58(91)78-50(36(2)3)62(95)96)79-53(86)41(22-13-27-70-63(66)67)74-55(88)44(33-40-20-11-8-12-21-40)76-57(90)47-25-16-29-80(47)60(93)45(35-83)77-54(87)43(32-39-18-9-7-10-19-39)73-49(84)34-72-56(89)46-24-15-30-81(46)61(94)48-26-17-31-82(48)59(92)42(75-52(85)38(5)65)23-14-28-71-64(68)69/h7-12,18-21,36-38,41-48,50-51,83H,6,13-17,22-35,65H2,1-5H3,(H,72,89)(H,73,84)(H,74,88)(H,75,85)(H,76,90)(H,77,87)(H,78,91)(H,79,86)(H,95,96)(H4,66,67,70)(H4,68,69,71)/t37-,38-,41-,42-,43-,44-,45-,46-,47-,48-,50-,51-/m0/s1. The van der Waals surface area contributed by atoms with Crippen LogP contribution in [0, 0.1) is 11.8 Å². The summed E-state index contributed by atoms with van der Waals surface area (Å²) in [5.74, 6) is -10.6. The van der Waals surface area contributed by atoms with Crippen molar-refractivity contribution in [2.24, 2.45) is 50.5 Å². The van der Waals surface area contributed by atoms with E-state index in [0.717, 1.165) is 0 Å². The number of amides is 11. The Balaban J connectivity index is 1.28. The first-order valence-electron chi connectivity index (χ1n) is 32.7. The lowest BCUT2D eigenvalue weighted by molar-refractivity contribution is -0.148. The fraction of sp³-hybridized carbons (Fsp3) is 0.594. The zero-order valence-electron chi connectivity index (χ0n) is 55.3. The van der Waals surface area contributed by atoms with Gasteiger partial charge in [0, 0.05) is 45.6 Å². The van der Waals surface area contributed by atoms with Crippen LogP contribution in [0.5, 0.6) is 0 Å². The van der Waals surface area contributed by atoms with Crippen molar-refractivity contribution in [2.75, 3.05) is 45.9 Å². The maximum absolute atomic E-state index is 14.6. The molecule has 11 amide bonds. The van der Waals surface area contributed by atoms with Crippen LogP contribution in [-0.2, 0) is 70.4 Å². The number of guanidine groups is 2. The lowest BCUT2D eigenvalue weighted by atomic mass is 9.96. The summed E-state index contributed by atoms with van der Waals surface area (Å²) in [5, 5.41) is 41.7. The summed E-state index contributed by atoms with van der Waals surface area (Å²) in [4.78, 5) is 178. The Kier molecular flexibility index (Phi) is 30.7. The second kappa shape index (κ2) is 38.2. The molecule has 2 aromatic carbocycles. The van der Waals surface area contributed by atoms with Gasteiger partial charge >= 0.3 is 5.97 Å². The molecule has 0 aromatic heterocycles. The summed E-state index contributed by atoms with van der Waals surface area (Å²) in [6, 6.07) is 3.68. The van der Waals surface area contributed by atoms with Crippen LogP contribution in [-0.4, -0.2) is 220 Å². The molecule has 3 aliphatic heterocycles. The van der Waals surface area contributed by atoms with Crippen LogP contribution in [0.2, 0.25) is 0 Å². The number of benzene rings is 2. The van der Waals surface area contributed by atoms with Gasteiger partial charge in [-0.1, -0.05) is 94.8 Å². The lowest BCUT2D eigenvalue weighted by Gasteiger charge is -2.33. The van der Waals surface area contributed by atoms with E-state index in [2.05, 4.69) is 52.5 Å². The van der Waals surface area contributed by atoms with E-state index >= 15 is 0 Å². The molecule has 3 aliphatic rings. The molecule has 20 N–H and O–H groups in total. The van der Waals surface area contributed by atoms with E-state index in [1.165, 1.54) is 21.6 Å². The number of carboxylic acid groups (broad SMARTS) is 1. The molecule has 12 atom stereocenters. The van der Waals surface area contributed by atoms with Gasteiger partial charge in [0.05, 0.1) is 19.2 Å². The van der Waals surface area contributed by atoms with Crippen LogP contribution < -0.4 is 71.2 Å². The van der Waals surface area contributed by atoms with Gasteiger partial charge in [-0.05, 0) is 94.1 Å². The van der Waals surface area contributed by atoms with E-state index in [9.17, 15) is 67.7 Å². The van der Waals surface area contributed by atoms with E-state index in [1.807, 2.05) is 0 Å². The van der Waals surface area contributed by atoms with Gasteiger partial charge in [0.15, 0.2) is 11.9 Å². The molecule has 0 radical (unpaired) electrons. The molecule has 32 nitrogen and oxygen atoms in total. The number of aliphatic imine (C=N–C) groups is 2. The number of aliphatic hydroxyl groups excluding tert-OH is 1. The summed E-state index contributed by atoms with van der Waals surface area (Å²) in [6.45, 7) is 7.20. The quantitative estimate of drug-likeness (QED) is 0.0177. The average Bonchev–Trinajstić information content (AvgIpc) is 1.63. The van der Waals surface area contributed by atoms with E-state index in [-0.39, 0.29) is 89.6 Å². The number of aliphatic hydroxyl groups is 1. The van der Waals surface area contributed by atoms with Crippen molar-refractivity contribution in [3.05, 3.63) is 71.8 Å². The number of nitrogens with one attached hydrogen (secondary N) is 8. The number of rotatable bonds is 36. The summed E-state index contributed by atoms with van der Waals surface area (Å²) in [7, 11) is 0. The van der Waals surface area contributed by atoms with E-state index in [0.29, 0.717) is 49.7 Å². The highest BCUT2D eigenvalue weighted by atomic mass is 16.4. The van der Waals surface area contributed by atoms with Crippen molar-refractivity contribution >= 4 is 82.9 Å². The second-order valence-corrected chi connectivity index (χ2v) is 24.8. The molecule has 5 rings (SSSR count). The van der Waals surface area contributed by atoms with Gasteiger partial charge in [-0.3, -0.25) is 62.7 Å². The highest BCUT2D eigenvalue weighted by Gasteiger charge is 2.45. The molecule has 3 heterocycles. The third-order valence-corrected chi connectivity index (χ3v) is 17.1. The monoisotopic (exact) mass is 1340 g/mol. The summed E-state index contributed by atoms with van der Waals surface area (Å²) < 4.78 is 0. The summed E-state index contributed by atoms with van der Waals surface area (Å²) in [5.41, 5.74) is 29.0. The fourth-order valence-corrected chi connectivity index (χ4v) is 11.7. The molecule has 0 bridgehead atoms. The lowest BCUT2D eigenvalue weighted by Crippen LogP contribution is -2.61. The number of carbonyl (C=O) groups excluding carboxylic acids is 11. The van der Waals surface area contributed by atoms with Crippen LogP contribution in [0.3, 0.4) is 0 Å². The molecule has 0 unspecified atom stereocenters. The Labute approximate surface area is 558 Å². The molecule has 2 aromatic rings. The van der Waals surface area contributed by atoms with Gasteiger partial charge in [0.25, 0.3) is 0 Å². The van der Waals surface area contributed by atoms with Crippen molar-refractivity contribution in [3.63, 3.8) is 0 Å². The number of nitrogens with zero attached hydrogens (tertiary/aromatic N) is 5. The zero-order valence-corrected chi connectivity index (χ0v) is 55.3. The molecule has 528 valence electrons. The Morgan fingerprint density at radius 3 is 1.48 bits per heavy atom. The summed E-state index contributed by atoms with van der Waals surface area (Å²) in [6.07, 6.45) is 2.56. The summed E-state index contributed by atoms with van der Waals surface area (Å²) >= 11 is 0. The average molecular weight is 1340 g/mol. The maximum Gasteiger partial charge on any atom is 0.326 e. The van der Waals surface area contributed by atoms with Crippen LogP contribution in [0.15, 0.2) is 70.6 Å². The van der Waals surface area contributed by atoms with Crippen molar-refractivity contribution in [3.8, 4) is 0 Å². The van der Waals surface area contributed by atoms with Crippen molar-refractivity contribution in [2.45, 2.75) is 185 Å². The van der Waals surface area contributed by atoms with Crippen molar-refractivity contribution < 1.29 is 67.7 Å². The first kappa shape index (κ1) is 77.2. The minimum atomic E-state index is -1.66. The van der Waals surface area contributed by atoms with Crippen LogP contribution in [0.25, 0.3) is 0 Å². The smallest absolute Gasteiger partial charge is 0.326 e. The number of nitrogens with two attached hydrogens (primary N) is 5. The third kappa shape index (κ3) is 23.2. The van der Waals surface area contributed by atoms with E-state index in [4.69, 9.17) is 28.7 Å². The molecule has 0 spiro atoms. The molecule has 3 fully saturated rings. The molecular formula is C64H98N18O14. The number of carbonyl (C=O) groups is 12. The van der Waals surface area contributed by atoms with E-state index in [1.54, 1.807) is 88.4 Å². The van der Waals surface area contributed by atoms with Crippen LogP contribution in [0.4, 0.5) is 0 Å². The molecule has 3 saturated heterocycles. The first-order chi connectivity index (χ1) is 45.6. The SMILES string of the molecule is CC[C@H](C)[C@H](NC(=O)[C@H](CCCN=C(N)N)NC(=O)[C@H](Cc1ccccc1)NC(=O)[C@@H]1CCCN1C(=O)[C@H](CO)NC(=O)[C@H](Cc1ccccc1)NC(=O)CNC(=O)[C@@H]1CCCN1C(=O)[C@@H]1CCCN1C(=O)[C@H](CCCN=C(N)N)NC(=O)[C@H](C)N)C(=O)N[C@H](C(=O)O)C(C)C. The zero-order chi connectivity index (χ0) is 70.8. The molecular weight excluding hydrogens is 1240 g/mol. The predicted octanol–water partition coefficient (Wildman–Crippen LogP) is -3.81. The van der Waals surface area contributed by atoms with Gasteiger partial charge in [0.1, 0.15) is 60.4 Å². The minimum Gasteiger partial charge on any atom is -0.480 e. The highest BCUT2D eigenvalue weighted by molar-refractivity contribution is 5.99. The highest BCUT2D eigenvalue weighted by Crippen LogP contribution is 2.27. The second-order valence-electron chi connectivity index (χ2n) is 24.8. The van der Waals surface area contributed by atoms with Crippen LogP contribution >= 0.6 is 0 Å². The predicted molar refractivity (Wildman–Crippen MR) is 354 cm³/mol. The Morgan fingerprint density at radius 2 is 0.979 bits per heavy atom. The Morgan fingerprint density at radius 1 is 0.531 bits per heavy atom. The molecule has 0 aliphatic carbocycles.